The largest absolute Gasteiger partial charge is 6.00 e. The van der Waals surface area contributed by atoms with Crippen LogP contribution in [0.1, 0.15) is 135 Å². The summed E-state index contributed by atoms with van der Waals surface area (Å²) in [4.78, 5) is 15.5. The number of carbonyl (C=O) groups excluding carboxylic acids is 2. The van der Waals surface area contributed by atoms with Crippen molar-refractivity contribution in [1.82, 2.24) is 0 Å². The van der Waals surface area contributed by atoms with E-state index in [0.717, 1.165) is 38.5 Å². The van der Waals surface area contributed by atoms with Crippen LogP contribution in [0.2, 0.25) is 0 Å². The van der Waals surface area contributed by atoms with Crippen molar-refractivity contribution < 1.29 is 29.1 Å². The Morgan fingerprint density at radius 3 is 0.757 bits per heavy atom. The van der Waals surface area contributed by atoms with Crippen molar-refractivity contribution >= 4 is 13.6 Å². The van der Waals surface area contributed by atoms with Gasteiger partial charge < -0.3 is 30.9 Å². The van der Waals surface area contributed by atoms with E-state index in [0.29, 0.717) is 24.2 Å². The van der Waals surface area contributed by atoms with Gasteiger partial charge in [0.05, 0.1) is 0 Å². The normalized spacial score (nSPS) is 15.9. The molecule has 7 heteroatoms. The first kappa shape index (κ1) is 46.6. The smallest absolute Gasteiger partial charge is 0.675 e. The summed E-state index contributed by atoms with van der Waals surface area (Å²) in [5.74, 6) is 0. The second kappa shape index (κ2) is 27.4. The zero-order valence-corrected chi connectivity index (χ0v) is 28.6. The van der Waals surface area contributed by atoms with E-state index in [1.54, 1.807) is 0 Å². The third kappa shape index (κ3) is 23.4. The topological polar surface area (TPSA) is 90.5 Å². The van der Waals surface area contributed by atoms with Gasteiger partial charge >= 0.3 is 19.5 Å². The summed E-state index contributed by atoms with van der Waals surface area (Å²) in [7, 11) is 0. The Morgan fingerprint density at radius 2 is 0.649 bits per heavy atom. The fourth-order valence-electron chi connectivity index (χ4n) is 2.64. The van der Waals surface area contributed by atoms with Gasteiger partial charge in [0.1, 0.15) is 0 Å². The zero-order chi connectivity index (χ0) is 29.5. The minimum Gasteiger partial charge on any atom is -0.675 e. The van der Waals surface area contributed by atoms with Gasteiger partial charge in [0.2, 0.25) is 0 Å². The van der Waals surface area contributed by atoms with E-state index in [9.17, 15) is 0 Å². The maximum absolute atomic E-state index is 7.75. The van der Waals surface area contributed by atoms with Gasteiger partial charge in [-0.15, -0.1) is 24.2 Å². The summed E-state index contributed by atoms with van der Waals surface area (Å²) in [6.07, 6.45) is 6.97. The van der Waals surface area contributed by atoms with Crippen LogP contribution in [0.4, 0.5) is 0 Å². The fourth-order valence-corrected chi connectivity index (χ4v) is 2.64. The Bertz CT molecular complexity index is 414. The third-order valence-electron chi connectivity index (χ3n) is 7.17. The number of hydrogen-bond donors (Lipinski definition) is 0. The van der Waals surface area contributed by atoms with E-state index in [2.05, 4.69) is 111 Å². The molecule has 0 saturated carbocycles. The molecule has 0 amide bonds. The minimum absolute atomic E-state index is 0. The summed E-state index contributed by atoms with van der Waals surface area (Å²) in [5, 5.41) is 19.4. The van der Waals surface area contributed by atoms with Crippen molar-refractivity contribution in [2.45, 2.75) is 172 Å². The molecule has 4 atom stereocenters. The van der Waals surface area contributed by atoms with Crippen molar-refractivity contribution in [3.63, 3.8) is 0 Å². The van der Waals surface area contributed by atoms with Gasteiger partial charge in [0.25, 0.3) is 0 Å². The number of nitrogens with zero attached hydrogens (tertiary/aromatic N) is 4. The Morgan fingerprint density at radius 1 is 0.486 bits per heavy atom. The van der Waals surface area contributed by atoms with Crippen LogP contribution >= 0.6 is 0 Å². The molecular formula is C30H62N4O2Ru. The van der Waals surface area contributed by atoms with E-state index < -0.39 is 0 Å². The molecule has 0 aliphatic heterocycles. The average Bonchev–Trinajstić information content (AvgIpc) is 2.89. The third-order valence-corrected chi connectivity index (χ3v) is 7.17. The molecular weight excluding hydrogens is 549 g/mol. The SMILES string of the molecule is CCC(C)[N-]C([N-]C(C)CC)C(C)(C)CC.CCC(C)[N-]C([N-]C(C)CC)C(C)(C)CC.[CH-]=O.[CH-]=O.[Ru+6]. The standard InChI is InChI=1S/2C14H30N2.2CHO.Ru/c2*1-8-11(4)15-13(14(6,7)10-3)16-12(5)9-2;2*1-2;/h2*11-13H,8-10H2,1-7H3;2*1H;/q2*-2;2*-1;+6. The van der Waals surface area contributed by atoms with Crippen molar-refractivity contribution in [2.24, 2.45) is 10.8 Å². The molecule has 0 aliphatic carbocycles. The van der Waals surface area contributed by atoms with Crippen LogP contribution in [-0.2, 0) is 29.1 Å². The van der Waals surface area contributed by atoms with Gasteiger partial charge in [-0.25, -0.2) is 12.3 Å². The number of hydrogen-bond acceptors (Lipinski definition) is 2. The van der Waals surface area contributed by atoms with Gasteiger partial charge in [0, 0.05) is 0 Å². The van der Waals surface area contributed by atoms with Crippen molar-refractivity contribution in [2.75, 3.05) is 0 Å². The van der Waals surface area contributed by atoms with E-state index in [1.165, 1.54) is 0 Å². The molecule has 0 rings (SSSR count). The Balaban J connectivity index is -0.000000158. The fraction of sp³-hybridized carbons (Fsp3) is 0.933. The number of rotatable bonds is 16. The molecule has 222 valence electrons. The molecule has 0 radical (unpaired) electrons. The van der Waals surface area contributed by atoms with Crippen LogP contribution in [-0.4, -0.2) is 50.1 Å². The van der Waals surface area contributed by atoms with Crippen LogP contribution in [0.25, 0.3) is 21.3 Å². The van der Waals surface area contributed by atoms with E-state index >= 15 is 0 Å². The van der Waals surface area contributed by atoms with Gasteiger partial charge in [-0.3, -0.25) is 13.6 Å². The average molecular weight is 612 g/mol. The molecule has 0 aromatic heterocycles. The van der Waals surface area contributed by atoms with Gasteiger partial charge in [-0.05, 0) is 0 Å². The van der Waals surface area contributed by atoms with E-state index in [4.69, 9.17) is 30.9 Å². The van der Waals surface area contributed by atoms with Crippen LogP contribution in [0.5, 0.6) is 0 Å². The summed E-state index contributed by atoms with van der Waals surface area (Å²) in [5.41, 5.74) is 0.375. The van der Waals surface area contributed by atoms with Crippen LogP contribution in [0.15, 0.2) is 0 Å². The van der Waals surface area contributed by atoms with E-state index in [1.807, 2.05) is 0 Å². The first-order chi connectivity index (χ1) is 16.7. The molecule has 0 fully saturated rings. The summed E-state index contributed by atoms with van der Waals surface area (Å²) >= 11 is 0. The Labute approximate surface area is 246 Å². The quantitative estimate of drug-likeness (QED) is 0.0987. The predicted molar refractivity (Wildman–Crippen MR) is 162 cm³/mol. The molecule has 0 aliphatic rings. The Hall–Kier alpha value is -0.197. The molecule has 4 unspecified atom stereocenters. The molecule has 0 spiro atoms. The molecule has 0 aromatic rings. The summed E-state index contributed by atoms with van der Waals surface area (Å²) in [6.45, 7) is 37.5. The second-order valence-electron chi connectivity index (χ2n) is 11.1. The maximum atomic E-state index is 7.75. The van der Waals surface area contributed by atoms with Crippen molar-refractivity contribution in [3.8, 4) is 0 Å². The monoisotopic (exact) mass is 612 g/mol. The molecule has 6 nitrogen and oxygen atoms in total. The molecule has 0 aromatic carbocycles. The molecule has 37 heavy (non-hydrogen) atoms. The molecule has 0 heterocycles. The second-order valence-corrected chi connectivity index (χ2v) is 11.1. The summed E-state index contributed by atoms with van der Waals surface area (Å²) < 4.78 is 0. The first-order valence-electron chi connectivity index (χ1n) is 14.0. The van der Waals surface area contributed by atoms with Gasteiger partial charge in [0.15, 0.2) is 0 Å². The van der Waals surface area contributed by atoms with Crippen molar-refractivity contribution in [1.29, 1.82) is 0 Å². The van der Waals surface area contributed by atoms with Crippen LogP contribution in [0.3, 0.4) is 0 Å². The minimum atomic E-state index is 0. The molecule has 0 N–H and O–H groups in total. The zero-order valence-electron chi connectivity index (χ0n) is 26.8. The molecule has 0 bridgehead atoms. The van der Waals surface area contributed by atoms with Crippen LogP contribution < -0.4 is 0 Å². The van der Waals surface area contributed by atoms with Crippen LogP contribution in [0, 0.1) is 10.8 Å². The Kier molecular flexibility index (Phi) is 34.5. The predicted octanol–water partition coefficient (Wildman–Crippen LogP) is 9.64. The first-order valence-corrected chi connectivity index (χ1v) is 14.0. The van der Waals surface area contributed by atoms with E-state index in [-0.39, 0.29) is 42.6 Å². The van der Waals surface area contributed by atoms with Gasteiger partial charge in [-0.2, -0.15) is 0 Å². The summed E-state index contributed by atoms with van der Waals surface area (Å²) in [6, 6.07) is 1.68. The van der Waals surface area contributed by atoms with Crippen molar-refractivity contribution in [3.05, 3.63) is 21.3 Å². The molecule has 0 saturated heterocycles. The maximum Gasteiger partial charge on any atom is 6.00 e. The van der Waals surface area contributed by atoms with Gasteiger partial charge in [-0.1, -0.05) is 146 Å².